The van der Waals surface area contributed by atoms with Crippen LogP contribution in [0, 0.1) is 17.0 Å². The van der Waals surface area contributed by atoms with Gasteiger partial charge in [-0.2, -0.15) is 8.42 Å². The number of likely N-dealkylation sites (N-methyl/N-ethyl adjacent to an activating group) is 1. The number of fused-ring (bicyclic) bond motifs is 5. The van der Waals surface area contributed by atoms with Crippen molar-refractivity contribution in [1.29, 1.82) is 0 Å². The number of hydrogen-bond donors (Lipinski definition) is 1. The van der Waals surface area contributed by atoms with Gasteiger partial charge in [0, 0.05) is 42.6 Å². The fraction of sp³-hybridized carbons (Fsp3) is 0.250. The zero-order valence-electron chi connectivity index (χ0n) is 18.2. The Morgan fingerprint density at radius 3 is 2.21 bits per heavy atom. The van der Waals surface area contributed by atoms with Gasteiger partial charge >= 0.3 is 0 Å². The molecule has 2 heterocycles. The van der Waals surface area contributed by atoms with Crippen LogP contribution in [0.15, 0.2) is 71.6 Å². The van der Waals surface area contributed by atoms with Gasteiger partial charge in [0.15, 0.2) is 0 Å². The summed E-state index contributed by atoms with van der Waals surface area (Å²) >= 11 is 0. The molecule has 9 heteroatoms. The second-order valence-electron chi connectivity index (χ2n) is 8.34. The molecule has 5 rings (SSSR count). The Morgan fingerprint density at radius 2 is 1.58 bits per heavy atom. The second-order valence-corrected chi connectivity index (χ2v) is 9.76. The topological polar surface area (TPSA) is 110 Å². The smallest absolute Gasteiger partial charge is 0.294 e. The maximum Gasteiger partial charge on any atom is 0.294 e. The summed E-state index contributed by atoms with van der Waals surface area (Å²) < 4.78 is 35.6. The lowest BCUT2D eigenvalue weighted by molar-refractivity contribution is -0.384. The van der Waals surface area contributed by atoms with Gasteiger partial charge in [-0.25, -0.2) is 0 Å². The maximum absolute atomic E-state index is 11.1. The molecule has 2 aliphatic heterocycles. The molecule has 172 valence electrons. The summed E-state index contributed by atoms with van der Waals surface area (Å²) in [7, 11) is -1.93. The second kappa shape index (κ2) is 8.93. The van der Waals surface area contributed by atoms with Crippen molar-refractivity contribution >= 4 is 15.8 Å². The Labute approximate surface area is 192 Å². The molecule has 0 unspecified atom stereocenters. The first-order chi connectivity index (χ1) is 15.6. The molecule has 1 fully saturated rings. The molecule has 3 aromatic carbocycles. The van der Waals surface area contributed by atoms with E-state index < -0.39 is 10.1 Å². The van der Waals surface area contributed by atoms with Crippen LogP contribution in [0.1, 0.15) is 28.5 Å². The van der Waals surface area contributed by atoms with E-state index in [4.69, 9.17) is 9.29 Å². The van der Waals surface area contributed by atoms with Crippen molar-refractivity contribution in [3.05, 3.63) is 93.5 Å². The van der Waals surface area contributed by atoms with Gasteiger partial charge in [-0.3, -0.25) is 14.7 Å². The molecule has 33 heavy (non-hydrogen) atoms. The fourth-order valence-corrected chi connectivity index (χ4v) is 4.85. The quantitative estimate of drug-likeness (QED) is 0.328. The lowest BCUT2D eigenvalue weighted by Crippen LogP contribution is -2.14. The third-order valence-corrected chi connectivity index (χ3v) is 6.83. The predicted octanol–water partition coefficient (Wildman–Crippen LogP) is 4.76. The number of benzene rings is 3. The van der Waals surface area contributed by atoms with Crippen molar-refractivity contribution in [2.24, 2.45) is 0 Å². The Kier molecular flexibility index (Phi) is 6.20. The van der Waals surface area contributed by atoms with Gasteiger partial charge in [0.1, 0.15) is 11.5 Å². The maximum atomic E-state index is 11.1. The molecule has 0 radical (unpaired) electrons. The first-order valence-electron chi connectivity index (χ1n) is 10.4. The van der Waals surface area contributed by atoms with Crippen LogP contribution in [0.25, 0.3) is 0 Å². The summed E-state index contributed by atoms with van der Waals surface area (Å²) in [6, 6.07) is 19.0. The van der Waals surface area contributed by atoms with E-state index in [9.17, 15) is 18.5 Å². The summed E-state index contributed by atoms with van der Waals surface area (Å²) in [6.07, 6.45) is 0. The predicted molar refractivity (Wildman–Crippen MR) is 124 cm³/mol. The van der Waals surface area contributed by atoms with Gasteiger partial charge in [0.2, 0.25) is 0 Å². The normalized spacial score (nSPS) is 19.1. The van der Waals surface area contributed by atoms with E-state index in [1.807, 2.05) is 25.1 Å². The average molecular weight is 469 g/mol. The number of non-ortho nitro benzene ring substituents is 1. The Hall–Kier alpha value is -3.27. The molecule has 1 N–H and O–H groups in total. The monoisotopic (exact) mass is 468 g/mol. The minimum absolute atomic E-state index is 0.0666. The molecule has 0 bridgehead atoms. The van der Waals surface area contributed by atoms with Crippen molar-refractivity contribution in [2.45, 2.75) is 23.7 Å². The number of likely N-dealkylation sites (tertiary alicyclic amines) is 1. The summed E-state index contributed by atoms with van der Waals surface area (Å²) in [6.45, 7) is 3.66. The molecule has 0 saturated carbocycles. The van der Waals surface area contributed by atoms with E-state index in [2.05, 4.69) is 18.0 Å². The van der Waals surface area contributed by atoms with Gasteiger partial charge < -0.3 is 9.64 Å². The van der Waals surface area contributed by atoms with Gasteiger partial charge in [0.25, 0.3) is 15.8 Å². The van der Waals surface area contributed by atoms with Gasteiger partial charge in [-0.05, 0) is 43.8 Å². The summed E-state index contributed by atoms with van der Waals surface area (Å²) in [4.78, 5) is 13.0. The molecule has 3 aromatic rings. The largest absolute Gasteiger partial charge is 0.457 e. The zero-order chi connectivity index (χ0) is 23.8. The number of para-hydroxylation sites is 1. The molecular weight excluding hydrogens is 444 g/mol. The Morgan fingerprint density at radius 1 is 0.970 bits per heavy atom. The number of nitro benzene ring substituents is 1. The minimum Gasteiger partial charge on any atom is -0.457 e. The van der Waals surface area contributed by atoms with Crippen molar-refractivity contribution in [3.63, 3.8) is 0 Å². The highest BCUT2D eigenvalue weighted by molar-refractivity contribution is 7.85. The van der Waals surface area contributed by atoms with E-state index in [-0.39, 0.29) is 21.4 Å². The van der Waals surface area contributed by atoms with Crippen LogP contribution >= 0.6 is 0 Å². The molecule has 0 amide bonds. The number of hydrogen-bond acceptors (Lipinski definition) is 6. The molecular formula is C24H24N2O6S. The number of ether oxygens (including phenoxy) is 1. The summed E-state index contributed by atoms with van der Waals surface area (Å²) in [5.74, 6) is 2.13. The third kappa shape index (κ3) is 4.90. The van der Waals surface area contributed by atoms with E-state index >= 15 is 0 Å². The van der Waals surface area contributed by atoms with Crippen LogP contribution in [0.4, 0.5) is 5.69 Å². The van der Waals surface area contributed by atoms with Crippen LogP contribution in [-0.2, 0) is 10.1 Å². The highest BCUT2D eigenvalue weighted by atomic mass is 32.2. The molecule has 0 spiro atoms. The van der Waals surface area contributed by atoms with Gasteiger partial charge in [-0.15, -0.1) is 0 Å². The lowest BCUT2D eigenvalue weighted by atomic mass is 9.84. The molecule has 2 atom stereocenters. The highest BCUT2D eigenvalue weighted by Crippen LogP contribution is 2.50. The van der Waals surface area contributed by atoms with Gasteiger partial charge in [0.05, 0.1) is 9.82 Å². The van der Waals surface area contributed by atoms with Crippen LogP contribution in [0.2, 0.25) is 0 Å². The zero-order valence-corrected chi connectivity index (χ0v) is 19.0. The first-order valence-corrected chi connectivity index (χ1v) is 11.9. The van der Waals surface area contributed by atoms with Crippen LogP contribution in [0.3, 0.4) is 0 Å². The van der Waals surface area contributed by atoms with Crippen LogP contribution in [-0.4, -0.2) is 42.9 Å². The fourth-order valence-electron chi connectivity index (χ4n) is 4.37. The minimum atomic E-state index is -4.02. The van der Waals surface area contributed by atoms with Crippen molar-refractivity contribution in [2.75, 3.05) is 20.1 Å². The van der Waals surface area contributed by atoms with Gasteiger partial charge in [-0.1, -0.05) is 35.9 Å². The number of nitro groups is 1. The molecule has 2 aliphatic rings. The molecule has 0 aliphatic carbocycles. The van der Waals surface area contributed by atoms with Crippen LogP contribution < -0.4 is 4.74 Å². The third-order valence-electron chi connectivity index (χ3n) is 5.96. The van der Waals surface area contributed by atoms with E-state index in [1.54, 1.807) is 24.3 Å². The number of nitrogens with zero attached hydrogens (tertiary/aromatic N) is 2. The SMILES string of the molecule is CN1C[C@@H]2c3ccccc3Oc3ccc([N+](=O)[O-])cc3[C@H]2C1.Cc1ccc(S(=O)(=O)O)cc1. The van der Waals surface area contributed by atoms with Crippen molar-refractivity contribution in [1.82, 2.24) is 4.90 Å². The highest BCUT2D eigenvalue weighted by Gasteiger charge is 2.39. The first kappa shape index (κ1) is 22.9. The van der Waals surface area contributed by atoms with Crippen molar-refractivity contribution < 1.29 is 22.6 Å². The van der Waals surface area contributed by atoms with E-state index in [1.165, 1.54) is 23.8 Å². The Bertz CT molecular complexity index is 1290. The van der Waals surface area contributed by atoms with E-state index in [0.717, 1.165) is 35.7 Å². The molecule has 1 saturated heterocycles. The standard InChI is InChI=1S/C17H16N2O3.C7H8O3S/c1-18-9-14-12-4-2-3-5-16(12)22-17-7-6-11(19(20)21)8-13(17)15(14)10-18;1-6-2-4-7(5-3-6)11(8,9)10/h2-8,14-15H,9-10H2,1H3;2-5H,1H3,(H,8,9,10)/t14-,15-;/m1./s1. The molecule has 8 nitrogen and oxygen atoms in total. The number of aryl methyl sites for hydroxylation is 1. The lowest BCUT2D eigenvalue weighted by Gasteiger charge is -2.16. The Balaban J connectivity index is 0.000000200. The molecule has 0 aromatic heterocycles. The summed E-state index contributed by atoms with van der Waals surface area (Å²) in [5, 5.41) is 11.1. The van der Waals surface area contributed by atoms with E-state index in [0.29, 0.717) is 5.92 Å². The number of rotatable bonds is 2. The average Bonchev–Trinajstić information content (AvgIpc) is 3.10. The van der Waals surface area contributed by atoms with Crippen LogP contribution in [0.5, 0.6) is 11.5 Å². The van der Waals surface area contributed by atoms with Crippen molar-refractivity contribution in [3.8, 4) is 11.5 Å². The summed E-state index contributed by atoms with van der Waals surface area (Å²) in [5.41, 5.74) is 3.22.